The number of allylic oxidation sites excluding steroid dienone is 1. The van der Waals surface area contributed by atoms with Crippen molar-refractivity contribution in [3.63, 3.8) is 0 Å². The van der Waals surface area contributed by atoms with Crippen molar-refractivity contribution in [2.45, 2.75) is 110 Å². The van der Waals surface area contributed by atoms with Crippen molar-refractivity contribution in [1.82, 2.24) is 0 Å². The van der Waals surface area contributed by atoms with Crippen molar-refractivity contribution < 1.29 is 10.9 Å². The van der Waals surface area contributed by atoms with E-state index in [0.29, 0.717) is 17.8 Å². The first-order valence-corrected chi connectivity index (χ1v) is 14.8. The fourth-order valence-corrected chi connectivity index (χ4v) is 7.91. The summed E-state index contributed by atoms with van der Waals surface area (Å²) in [4.78, 5) is 0. The molecule has 0 amide bonds. The third-order valence-corrected chi connectivity index (χ3v) is 14.3. The first-order valence-electron chi connectivity index (χ1n) is 12.5. The van der Waals surface area contributed by atoms with Gasteiger partial charge in [-0.1, -0.05) is 39.3 Å². The molecule has 0 radical (unpaired) electrons. The van der Waals surface area contributed by atoms with Crippen LogP contribution in [0.5, 0.6) is 0 Å². The predicted molar refractivity (Wildman–Crippen MR) is 120 cm³/mol. The molecule has 0 aromatic heterocycles. The Balaban J connectivity index is 1.69. The maximum Gasteiger partial charge on any atom is 0.192 e. The van der Waals surface area contributed by atoms with Crippen molar-refractivity contribution in [2.24, 2.45) is 28.6 Å². The SMILES string of the molecule is [2H][C@H](O[Si](C)(C)C(C)(C)C)[C@]12CCCC=C1CC[C@H]1[C@@H]3CC[C@H](O)[C@@]3(C)CC[C@@H]12. The average molecular weight is 406 g/mol. The van der Waals surface area contributed by atoms with Gasteiger partial charge in [-0.3, -0.25) is 0 Å². The van der Waals surface area contributed by atoms with E-state index in [1.54, 1.807) is 5.57 Å². The van der Waals surface area contributed by atoms with Crippen LogP contribution in [0.4, 0.5) is 0 Å². The van der Waals surface area contributed by atoms with E-state index >= 15 is 0 Å². The van der Waals surface area contributed by atoms with E-state index in [4.69, 9.17) is 4.43 Å². The van der Waals surface area contributed by atoms with Crippen LogP contribution >= 0.6 is 0 Å². The summed E-state index contributed by atoms with van der Waals surface area (Å²) in [7, 11) is -2.00. The van der Waals surface area contributed by atoms with Gasteiger partial charge in [0, 0.05) is 12.0 Å². The van der Waals surface area contributed by atoms with E-state index < -0.39 is 14.9 Å². The Bertz CT molecular complexity index is 668. The van der Waals surface area contributed by atoms with Gasteiger partial charge in [0.1, 0.15) is 0 Å². The second-order valence-electron chi connectivity index (χ2n) is 12.2. The first kappa shape index (κ1) is 19.8. The molecule has 0 unspecified atom stereocenters. The molecule has 4 aliphatic carbocycles. The number of rotatable bonds is 3. The second-order valence-corrected chi connectivity index (χ2v) is 17.0. The number of hydrogen-bond donors (Lipinski definition) is 1. The fraction of sp³-hybridized carbons (Fsp3) is 0.920. The second kappa shape index (κ2) is 6.95. The molecule has 1 N–H and O–H groups in total. The summed E-state index contributed by atoms with van der Waals surface area (Å²) in [5.41, 5.74) is 1.59. The lowest BCUT2D eigenvalue weighted by molar-refractivity contribution is -0.0888. The van der Waals surface area contributed by atoms with Crippen LogP contribution in [0.15, 0.2) is 11.6 Å². The highest BCUT2D eigenvalue weighted by Crippen LogP contribution is 2.65. The monoisotopic (exact) mass is 405 g/mol. The molecule has 3 fully saturated rings. The van der Waals surface area contributed by atoms with Gasteiger partial charge in [0.05, 0.1) is 7.47 Å². The Morgan fingerprint density at radius 3 is 2.64 bits per heavy atom. The molecular formula is C25H44O2Si. The molecule has 0 aromatic rings. The Morgan fingerprint density at radius 1 is 1.18 bits per heavy atom. The van der Waals surface area contributed by atoms with E-state index in [9.17, 15) is 6.48 Å². The van der Waals surface area contributed by atoms with Gasteiger partial charge in [0.15, 0.2) is 8.32 Å². The van der Waals surface area contributed by atoms with E-state index in [1.165, 1.54) is 32.1 Å². The normalized spacial score (nSPS) is 45.4. The minimum absolute atomic E-state index is 0.0778. The number of hydrogen-bond acceptors (Lipinski definition) is 2. The van der Waals surface area contributed by atoms with Gasteiger partial charge in [-0.25, -0.2) is 0 Å². The molecule has 28 heavy (non-hydrogen) atoms. The Hall–Kier alpha value is -0.123. The molecule has 7 atom stereocenters. The summed E-state index contributed by atoms with van der Waals surface area (Å²) in [6, 6.07) is 0. The number of aliphatic hydroxyl groups is 1. The van der Waals surface area contributed by atoms with Gasteiger partial charge >= 0.3 is 0 Å². The molecule has 4 aliphatic rings. The highest BCUT2D eigenvalue weighted by Gasteiger charge is 2.60. The first-order chi connectivity index (χ1) is 13.4. The third-order valence-electron chi connectivity index (χ3n) is 9.95. The van der Waals surface area contributed by atoms with Crippen LogP contribution in [0, 0.1) is 28.6 Å². The van der Waals surface area contributed by atoms with Crippen LogP contribution < -0.4 is 0 Å². The molecule has 0 bridgehead atoms. The molecule has 0 saturated heterocycles. The average Bonchev–Trinajstić information content (AvgIpc) is 2.95. The zero-order valence-corrected chi connectivity index (χ0v) is 20.2. The van der Waals surface area contributed by atoms with Crippen LogP contribution in [0.1, 0.15) is 86.9 Å². The lowest BCUT2D eigenvalue weighted by atomic mass is 9.47. The molecule has 0 aromatic carbocycles. The summed E-state index contributed by atoms with van der Waals surface area (Å²) < 4.78 is 16.3. The van der Waals surface area contributed by atoms with Gasteiger partial charge in [0.2, 0.25) is 0 Å². The summed E-state index contributed by atoms with van der Waals surface area (Å²) >= 11 is 0. The van der Waals surface area contributed by atoms with Crippen LogP contribution in [0.2, 0.25) is 18.1 Å². The molecule has 2 nitrogen and oxygen atoms in total. The number of aliphatic hydroxyl groups excluding tert-OH is 1. The van der Waals surface area contributed by atoms with Crippen molar-refractivity contribution in [2.75, 3.05) is 6.58 Å². The van der Waals surface area contributed by atoms with Gasteiger partial charge < -0.3 is 9.53 Å². The largest absolute Gasteiger partial charge is 0.416 e. The lowest BCUT2D eigenvalue weighted by Crippen LogP contribution is -2.55. The standard InChI is InChI=1S/C25H44O2Si/c1-23(2,3)28(5,6)27-17-25-15-8-7-9-18(25)10-11-19-20-12-13-22(26)24(20,4)16-14-21(19)25/h9,19-22,26H,7-8,10-17H2,1-6H3/t19-,20-,21-,22-,24-,25+/m0/s1/i17D/t17-,19-,20-,21-,22-,24-,25+. The van der Waals surface area contributed by atoms with E-state index in [-0.39, 0.29) is 22.0 Å². The maximum atomic E-state index is 10.8. The minimum Gasteiger partial charge on any atom is -0.416 e. The van der Waals surface area contributed by atoms with Crippen molar-refractivity contribution in [3.05, 3.63) is 11.6 Å². The highest BCUT2D eigenvalue weighted by molar-refractivity contribution is 6.74. The van der Waals surface area contributed by atoms with Crippen LogP contribution in [-0.2, 0) is 4.43 Å². The number of fused-ring (bicyclic) bond motifs is 5. The van der Waals surface area contributed by atoms with Gasteiger partial charge in [-0.2, -0.15) is 0 Å². The van der Waals surface area contributed by atoms with E-state index in [1.807, 2.05) is 0 Å². The lowest BCUT2D eigenvalue weighted by Gasteiger charge is -2.59. The van der Waals surface area contributed by atoms with E-state index in [2.05, 4.69) is 46.9 Å². The van der Waals surface area contributed by atoms with Crippen LogP contribution in [0.25, 0.3) is 0 Å². The van der Waals surface area contributed by atoms with Gasteiger partial charge in [-0.15, -0.1) is 0 Å². The molecule has 0 heterocycles. The fourth-order valence-electron chi connectivity index (χ4n) is 7.06. The van der Waals surface area contributed by atoms with Crippen molar-refractivity contribution in [3.8, 4) is 0 Å². The third kappa shape index (κ3) is 3.10. The highest BCUT2D eigenvalue weighted by atomic mass is 28.4. The predicted octanol–water partition coefficient (Wildman–Crippen LogP) is 6.70. The Kier molecular flexibility index (Phi) is 4.92. The molecule has 4 rings (SSSR count). The summed E-state index contributed by atoms with van der Waals surface area (Å²) in [6.07, 6.45) is 12.8. The molecule has 3 saturated carbocycles. The quantitative estimate of drug-likeness (QED) is 0.418. The van der Waals surface area contributed by atoms with Crippen LogP contribution in [0.3, 0.4) is 0 Å². The molecule has 0 aliphatic heterocycles. The molecular weight excluding hydrogens is 360 g/mol. The van der Waals surface area contributed by atoms with Crippen molar-refractivity contribution in [1.29, 1.82) is 0 Å². The Labute approximate surface area is 176 Å². The zero-order chi connectivity index (χ0) is 21.2. The smallest absolute Gasteiger partial charge is 0.192 e. The topological polar surface area (TPSA) is 29.5 Å². The summed E-state index contributed by atoms with van der Waals surface area (Å²) in [6.45, 7) is 13.4. The van der Waals surface area contributed by atoms with Gasteiger partial charge in [-0.05, 0) is 99.1 Å². The molecule has 160 valence electrons. The maximum absolute atomic E-state index is 10.8. The van der Waals surface area contributed by atoms with Gasteiger partial charge in [0.25, 0.3) is 0 Å². The van der Waals surface area contributed by atoms with E-state index in [0.717, 1.165) is 25.7 Å². The molecule has 0 spiro atoms. The Morgan fingerprint density at radius 2 is 1.93 bits per heavy atom. The zero-order valence-electron chi connectivity index (χ0n) is 20.2. The summed E-state index contributed by atoms with van der Waals surface area (Å²) in [5.74, 6) is 1.87. The minimum atomic E-state index is -2.00. The van der Waals surface area contributed by atoms with Crippen LogP contribution in [-0.4, -0.2) is 26.1 Å². The summed E-state index contributed by atoms with van der Waals surface area (Å²) in [5, 5.41) is 10.9. The molecule has 3 heteroatoms. The van der Waals surface area contributed by atoms with Crippen molar-refractivity contribution >= 4 is 8.32 Å².